The highest BCUT2D eigenvalue weighted by Crippen LogP contribution is 2.29. The van der Waals surface area contributed by atoms with E-state index < -0.39 is 12.1 Å². The van der Waals surface area contributed by atoms with Gasteiger partial charge in [-0.2, -0.15) is 0 Å². The van der Waals surface area contributed by atoms with E-state index in [1.807, 2.05) is 59.5 Å². The number of aliphatic carboxylic acids is 1. The molecule has 32 heavy (non-hydrogen) atoms. The summed E-state index contributed by atoms with van der Waals surface area (Å²) in [4.78, 5) is 25.7. The molecule has 1 aliphatic rings. The van der Waals surface area contributed by atoms with Crippen LogP contribution in [0.5, 0.6) is 5.75 Å². The summed E-state index contributed by atoms with van der Waals surface area (Å²) in [7, 11) is 0. The molecule has 1 saturated carbocycles. The molecule has 0 saturated heterocycles. The highest BCUT2D eigenvalue weighted by molar-refractivity contribution is 5.74. The Morgan fingerprint density at radius 1 is 1.09 bits per heavy atom. The number of amides is 2. The van der Waals surface area contributed by atoms with Gasteiger partial charge in [0.1, 0.15) is 12.4 Å². The fraction of sp³-hybridized carbons (Fsp3) is 0.440. The Morgan fingerprint density at radius 2 is 1.81 bits per heavy atom. The minimum atomic E-state index is -0.964. The van der Waals surface area contributed by atoms with Crippen molar-refractivity contribution >= 4 is 12.0 Å². The predicted octanol–water partition coefficient (Wildman–Crippen LogP) is 3.72. The monoisotopic (exact) mass is 440 g/mol. The molecule has 172 valence electrons. The lowest BCUT2D eigenvalue weighted by atomic mass is 10.1. The number of ether oxygens (including phenoxy) is 2. The van der Waals surface area contributed by atoms with Crippen LogP contribution in [0.3, 0.4) is 0 Å². The molecule has 1 aliphatic carbocycles. The third-order valence-corrected chi connectivity index (χ3v) is 5.37. The molecule has 0 radical (unpaired) electrons. The van der Waals surface area contributed by atoms with Crippen LogP contribution in [0.15, 0.2) is 54.6 Å². The molecule has 0 aromatic heterocycles. The van der Waals surface area contributed by atoms with Crippen LogP contribution in [0.4, 0.5) is 4.79 Å². The Balaban J connectivity index is 1.46. The highest BCUT2D eigenvalue weighted by Gasteiger charge is 2.26. The van der Waals surface area contributed by atoms with Crippen molar-refractivity contribution in [2.45, 2.75) is 38.8 Å². The standard InChI is InChI=1S/C25H32N2O5/c1-2-31-23(24(28)29)16-19-10-12-22(13-11-19)32-15-14-27(18-21-8-9-21)25(30)26-17-20-6-4-3-5-7-20/h3-7,10-13,21,23H,2,8-9,14-18H2,1H3,(H,26,30)(H,28,29). The number of carboxylic acids is 1. The van der Waals surface area contributed by atoms with Gasteiger partial charge >= 0.3 is 12.0 Å². The third-order valence-electron chi connectivity index (χ3n) is 5.37. The number of benzene rings is 2. The molecule has 1 atom stereocenters. The molecular weight excluding hydrogens is 408 g/mol. The van der Waals surface area contributed by atoms with Gasteiger partial charge in [-0.15, -0.1) is 0 Å². The van der Waals surface area contributed by atoms with Crippen molar-refractivity contribution in [3.8, 4) is 5.75 Å². The Morgan fingerprint density at radius 3 is 2.44 bits per heavy atom. The molecule has 0 heterocycles. The highest BCUT2D eigenvalue weighted by atomic mass is 16.5. The van der Waals surface area contributed by atoms with Crippen molar-refractivity contribution in [2.24, 2.45) is 5.92 Å². The fourth-order valence-corrected chi connectivity index (χ4v) is 3.40. The summed E-state index contributed by atoms with van der Waals surface area (Å²) in [5, 5.41) is 12.2. The Hall–Kier alpha value is -3.06. The van der Waals surface area contributed by atoms with Gasteiger partial charge < -0.3 is 24.8 Å². The lowest BCUT2D eigenvalue weighted by molar-refractivity contribution is -0.149. The number of rotatable bonds is 13. The van der Waals surface area contributed by atoms with Crippen molar-refractivity contribution < 1.29 is 24.2 Å². The zero-order valence-corrected chi connectivity index (χ0v) is 18.5. The zero-order chi connectivity index (χ0) is 22.8. The minimum absolute atomic E-state index is 0.0738. The Labute approximate surface area is 189 Å². The first kappa shape index (κ1) is 23.6. The largest absolute Gasteiger partial charge is 0.492 e. The van der Waals surface area contributed by atoms with Crippen LogP contribution in [0, 0.1) is 5.92 Å². The molecule has 7 heteroatoms. The van der Waals surface area contributed by atoms with E-state index in [0.717, 1.165) is 17.7 Å². The summed E-state index contributed by atoms with van der Waals surface area (Å²) in [6, 6.07) is 17.1. The van der Waals surface area contributed by atoms with Gasteiger partial charge in [-0.05, 0) is 48.9 Å². The number of carboxylic acid groups (broad SMARTS) is 1. The van der Waals surface area contributed by atoms with Gasteiger partial charge in [0.15, 0.2) is 6.10 Å². The Bertz CT molecular complexity index is 852. The lowest BCUT2D eigenvalue weighted by Gasteiger charge is -2.23. The van der Waals surface area contributed by atoms with Crippen molar-refractivity contribution in [1.29, 1.82) is 0 Å². The van der Waals surface area contributed by atoms with Crippen LogP contribution in [0.25, 0.3) is 0 Å². The fourth-order valence-electron chi connectivity index (χ4n) is 3.40. The van der Waals surface area contributed by atoms with Crippen LogP contribution < -0.4 is 10.1 Å². The maximum Gasteiger partial charge on any atom is 0.333 e. The van der Waals surface area contributed by atoms with Gasteiger partial charge in [0.25, 0.3) is 0 Å². The second-order valence-corrected chi connectivity index (χ2v) is 8.01. The molecule has 3 rings (SSSR count). The van der Waals surface area contributed by atoms with E-state index >= 15 is 0 Å². The second-order valence-electron chi connectivity index (χ2n) is 8.01. The summed E-state index contributed by atoms with van der Waals surface area (Å²) >= 11 is 0. The summed E-state index contributed by atoms with van der Waals surface area (Å²) in [5.41, 5.74) is 1.94. The average molecular weight is 441 g/mol. The molecule has 0 spiro atoms. The van der Waals surface area contributed by atoms with Gasteiger partial charge in [0.2, 0.25) is 0 Å². The van der Waals surface area contributed by atoms with Gasteiger partial charge in [-0.3, -0.25) is 0 Å². The third kappa shape index (κ3) is 7.89. The van der Waals surface area contributed by atoms with E-state index in [2.05, 4.69) is 5.32 Å². The molecule has 0 bridgehead atoms. The Kier molecular flexibility index (Phi) is 8.92. The van der Waals surface area contributed by atoms with Crippen molar-refractivity contribution in [3.05, 3.63) is 65.7 Å². The van der Waals surface area contributed by atoms with Crippen LogP contribution in [-0.4, -0.2) is 54.4 Å². The summed E-state index contributed by atoms with van der Waals surface area (Å²) in [5.74, 6) is 0.311. The van der Waals surface area contributed by atoms with Gasteiger partial charge in [0.05, 0.1) is 6.54 Å². The molecule has 0 aliphatic heterocycles. The summed E-state index contributed by atoms with van der Waals surface area (Å²) in [6.45, 7) is 4.28. The van der Waals surface area contributed by atoms with Crippen molar-refractivity contribution in [1.82, 2.24) is 10.2 Å². The SMILES string of the molecule is CCOC(Cc1ccc(OCCN(CC2CC2)C(=O)NCc2ccccc2)cc1)C(=O)O. The first-order chi connectivity index (χ1) is 15.5. The molecular formula is C25H32N2O5. The van der Waals surface area contributed by atoms with Gasteiger partial charge in [-0.1, -0.05) is 42.5 Å². The predicted molar refractivity (Wildman–Crippen MR) is 122 cm³/mol. The molecule has 2 N–H and O–H groups in total. The number of carbonyl (C=O) groups excluding carboxylic acids is 1. The van der Waals surface area contributed by atoms with E-state index in [4.69, 9.17) is 9.47 Å². The minimum Gasteiger partial charge on any atom is -0.492 e. The quantitative estimate of drug-likeness (QED) is 0.496. The maximum atomic E-state index is 12.7. The van der Waals surface area contributed by atoms with E-state index in [0.29, 0.717) is 44.4 Å². The number of hydrogen-bond donors (Lipinski definition) is 2. The topological polar surface area (TPSA) is 88.1 Å². The number of hydrogen-bond acceptors (Lipinski definition) is 4. The van der Waals surface area contributed by atoms with Crippen molar-refractivity contribution in [3.63, 3.8) is 0 Å². The summed E-state index contributed by atoms with van der Waals surface area (Å²) in [6.07, 6.45) is 1.80. The molecule has 2 aromatic carbocycles. The van der Waals surface area contributed by atoms with Gasteiger partial charge in [-0.25, -0.2) is 9.59 Å². The maximum absolute atomic E-state index is 12.7. The molecule has 1 fully saturated rings. The van der Waals surface area contributed by atoms with Crippen LogP contribution >= 0.6 is 0 Å². The number of carbonyl (C=O) groups is 2. The van der Waals surface area contributed by atoms with E-state index in [1.54, 1.807) is 6.92 Å². The molecule has 2 amide bonds. The summed E-state index contributed by atoms with van der Waals surface area (Å²) < 4.78 is 11.1. The molecule has 1 unspecified atom stereocenters. The van der Waals surface area contributed by atoms with Crippen LogP contribution in [-0.2, 0) is 22.5 Å². The van der Waals surface area contributed by atoms with E-state index in [-0.39, 0.29) is 6.03 Å². The lowest BCUT2D eigenvalue weighted by Crippen LogP contribution is -2.42. The van der Waals surface area contributed by atoms with Crippen LogP contribution in [0.2, 0.25) is 0 Å². The first-order valence-electron chi connectivity index (χ1n) is 11.2. The first-order valence-corrected chi connectivity index (χ1v) is 11.2. The van der Waals surface area contributed by atoms with Crippen molar-refractivity contribution in [2.75, 3.05) is 26.3 Å². The number of nitrogens with zero attached hydrogens (tertiary/aromatic N) is 1. The van der Waals surface area contributed by atoms with Gasteiger partial charge in [0, 0.05) is 26.1 Å². The molecule has 2 aromatic rings. The number of nitrogens with one attached hydrogen (secondary N) is 1. The van der Waals surface area contributed by atoms with E-state index in [9.17, 15) is 14.7 Å². The molecule has 7 nitrogen and oxygen atoms in total. The zero-order valence-electron chi connectivity index (χ0n) is 18.5. The second kappa shape index (κ2) is 12.1. The van der Waals surface area contributed by atoms with E-state index in [1.165, 1.54) is 12.8 Å². The average Bonchev–Trinajstić information content (AvgIpc) is 3.62. The normalized spacial score (nSPS) is 13.9. The van der Waals surface area contributed by atoms with Crippen LogP contribution in [0.1, 0.15) is 30.9 Å². The number of urea groups is 1. The smallest absolute Gasteiger partial charge is 0.333 e.